The van der Waals surface area contributed by atoms with E-state index < -0.39 is 0 Å². The van der Waals surface area contributed by atoms with Gasteiger partial charge in [0.05, 0.1) is 5.39 Å². The van der Waals surface area contributed by atoms with Gasteiger partial charge in [-0.15, -0.1) is 0 Å². The Morgan fingerprint density at radius 2 is 2.00 bits per heavy atom. The fourth-order valence-electron chi connectivity index (χ4n) is 2.29. The quantitative estimate of drug-likeness (QED) is 0.739. The van der Waals surface area contributed by atoms with Gasteiger partial charge in [0, 0.05) is 16.5 Å². The molecule has 0 spiro atoms. The molecule has 0 unspecified atom stereocenters. The highest BCUT2D eigenvalue weighted by Gasteiger charge is 2.17. The largest absolute Gasteiger partial charge is 0.460 e. The highest BCUT2D eigenvalue weighted by atomic mass is 79.9. The van der Waals surface area contributed by atoms with Crippen molar-refractivity contribution in [1.29, 1.82) is 0 Å². The summed E-state index contributed by atoms with van der Waals surface area (Å²) < 4.78 is 6.76. The first-order chi connectivity index (χ1) is 7.75. The first kappa shape index (κ1) is 10.1. The van der Waals surface area contributed by atoms with Gasteiger partial charge in [-0.25, -0.2) is 0 Å². The van der Waals surface area contributed by atoms with Crippen molar-refractivity contribution in [2.75, 3.05) is 0 Å². The molecule has 0 atom stereocenters. The number of hydrogen-bond donors (Lipinski definition) is 0. The van der Waals surface area contributed by atoms with Crippen molar-refractivity contribution in [1.82, 2.24) is 0 Å². The van der Waals surface area contributed by atoms with Crippen LogP contribution in [0.3, 0.4) is 0 Å². The van der Waals surface area contributed by atoms with Crippen LogP contribution in [0, 0.1) is 0 Å². The molecule has 0 radical (unpaired) electrons. The molecular weight excluding hydrogens is 268 g/mol. The standard InChI is InChI=1S/C13H11BrO2/c14-8-5-6-10-12(7-8)16-11-4-2-1-3-9(11)13(10)15/h5-7H,1-4H2. The summed E-state index contributed by atoms with van der Waals surface area (Å²) in [6, 6.07) is 5.58. The van der Waals surface area contributed by atoms with Gasteiger partial charge in [-0.2, -0.15) is 0 Å². The van der Waals surface area contributed by atoms with E-state index in [-0.39, 0.29) is 5.43 Å². The highest BCUT2D eigenvalue weighted by Crippen LogP contribution is 2.24. The van der Waals surface area contributed by atoms with Crippen molar-refractivity contribution in [2.45, 2.75) is 25.7 Å². The molecule has 0 amide bonds. The van der Waals surface area contributed by atoms with Crippen molar-refractivity contribution in [3.63, 3.8) is 0 Å². The lowest BCUT2D eigenvalue weighted by molar-refractivity contribution is 0.487. The lowest BCUT2D eigenvalue weighted by atomic mass is 9.96. The molecule has 0 bridgehead atoms. The molecule has 3 rings (SSSR count). The van der Waals surface area contributed by atoms with E-state index in [4.69, 9.17) is 4.42 Å². The second-order valence-corrected chi connectivity index (χ2v) is 5.10. The van der Waals surface area contributed by atoms with Gasteiger partial charge in [0.15, 0.2) is 5.43 Å². The minimum atomic E-state index is 0.156. The molecule has 1 aromatic carbocycles. The van der Waals surface area contributed by atoms with E-state index in [9.17, 15) is 4.79 Å². The smallest absolute Gasteiger partial charge is 0.196 e. The molecule has 82 valence electrons. The Bertz CT molecular complexity index is 613. The van der Waals surface area contributed by atoms with E-state index in [0.717, 1.165) is 41.5 Å². The van der Waals surface area contributed by atoms with E-state index in [1.807, 2.05) is 18.2 Å². The van der Waals surface area contributed by atoms with E-state index in [1.54, 1.807) is 0 Å². The molecule has 2 aromatic rings. The van der Waals surface area contributed by atoms with Crippen LogP contribution in [0.1, 0.15) is 24.2 Å². The van der Waals surface area contributed by atoms with Crippen LogP contribution < -0.4 is 5.43 Å². The molecule has 0 fully saturated rings. The summed E-state index contributed by atoms with van der Waals surface area (Å²) in [5.74, 6) is 0.891. The van der Waals surface area contributed by atoms with E-state index in [2.05, 4.69) is 15.9 Å². The highest BCUT2D eigenvalue weighted by molar-refractivity contribution is 9.10. The first-order valence-electron chi connectivity index (χ1n) is 5.50. The van der Waals surface area contributed by atoms with E-state index in [1.165, 1.54) is 0 Å². The van der Waals surface area contributed by atoms with Gasteiger partial charge in [0.25, 0.3) is 0 Å². The maximum atomic E-state index is 12.2. The van der Waals surface area contributed by atoms with Gasteiger partial charge >= 0.3 is 0 Å². The lowest BCUT2D eigenvalue weighted by Crippen LogP contribution is -2.16. The Morgan fingerprint density at radius 3 is 2.88 bits per heavy atom. The van der Waals surface area contributed by atoms with Gasteiger partial charge in [-0.05, 0) is 37.5 Å². The molecule has 3 heteroatoms. The van der Waals surface area contributed by atoms with Crippen molar-refractivity contribution in [3.8, 4) is 0 Å². The molecule has 2 nitrogen and oxygen atoms in total. The van der Waals surface area contributed by atoms with Gasteiger partial charge in [0.2, 0.25) is 0 Å². The SMILES string of the molecule is O=c1c2c(oc3cc(Br)ccc13)CCCC2. The zero-order chi connectivity index (χ0) is 11.1. The molecule has 0 N–H and O–H groups in total. The van der Waals surface area contributed by atoms with Crippen LogP contribution in [-0.2, 0) is 12.8 Å². The summed E-state index contributed by atoms with van der Waals surface area (Å²) in [5, 5.41) is 0.698. The zero-order valence-corrected chi connectivity index (χ0v) is 10.3. The molecular formula is C13H11BrO2. The topological polar surface area (TPSA) is 30.2 Å². The Labute approximate surface area is 101 Å². The summed E-state index contributed by atoms with van der Waals surface area (Å²) >= 11 is 3.39. The Morgan fingerprint density at radius 1 is 1.19 bits per heavy atom. The fraction of sp³-hybridized carbons (Fsp3) is 0.308. The molecule has 1 aliphatic carbocycles. The van der Waals surface area contributed by atoms with E-state index >= 15 is 0 Å². The Kier molecular flexibility index (Phi) is 2.36. The van der Waals surface area contributed by atoms with Gasteiger partial charge in [0.1, 0.15) is 11.3 Å². The molecule has 0 saturated heterocycles. The van der Waals surface area contributed by atoms with Crippen LogP contribution in [0.25, 0.3) is 11.0 Å². The molecule has 1 heterocycles. The molecule has 1 aliphatic rings. The second-order valence-electron chi connectivity index (χ2n) is 4.18. The summed E-state index contributed by atoms with van der Waals surface area (Å²) in [7, 11) is 0. The average molecular weight is 279 g/mol. The predicted molar refractivity (Wildman–Crippen MR) is 66.8 cm³/mol. The minimum Gasteiger partial charge on any atom is -0.460 e. The van der Waals surface area contributed by atoms with Crippen molar-refractivity contribution in [2.24, 2.45) is 0 Å². The molecule has 0 aliphatic heterocycles. The average Bonchev–Trinajstić information content (AvgIpc) is 2.29. The lowest BCUT2D eigenvalue weighted by Gasteiger charge is -2.14. The fourth-order valence-corrected chi connectivity index (χ4v) is 2.63. The molecule has 16 heavy (non-hydrogen) atoms. The van der Waals surface area contributed by atoms with Gasteiger partial charge in [-0.1, -0.05) is 15.9 Å². The van der Waals surface area contributed by atoms with Gasteiger partial charge < -0.3 is 4.42 Å². The summed E-state index contributed by atoms with van der Waals surface area (Å²) in [5.41, 5.74) is 1.74. The van der Waals surface area contributed by atoms with Crippen LogP contribution in [0.15, 0.2) is 31.9 Å². The number of fused-ring (bicyclic) bond motifs is 2. The van der Waals surface area contributed by atoms with Gasteiger partial charge in [-0.3, -0.25) is 4.79 Å². The second kappa shape index (κ2) is 3.74. The van der Waals surface area contributed by atoms with Crippen LogP contribution in [0.2, 0.25) is 0 Å². The number of rotatable bonds is 0. The normalized spacial score (nSPS) is 15.1. The van der Waals surface area contributed by atoms with Crippen LogP contribution >= 0.6 is 15.9 Å². The number of hydrogen-bond acceptors (Lipinski definition) is 2. The van der Waals surface area contributed by atoms with E-state index in [0.29, 0.717) is 11.0 Å². The third-order valence-corrected chi connectivity index (χ3v) is 3.61. The predicted octanol–water partition coefficient (Wildman–Crippen LogP) is 3.43. The number of halogens is 1. The number of aryl methyl sites for hydroxylation is 1. The third kappa shape index (κ3) is 1.50. The summed E-state index contributed by atoms with van der Waals surface area (Å²) in [4.78, 5) is 12.2. The van der Waals surface area contributed by atoms with Crippen molar-refractivity contribution >= 4 is 26.9 Å². The zero-order valence-electron chi connectivity index (χ0n) is 8.75. The Balaban J connectivity index is 2.39. The van der Waals surface area contributed by atoms with Crippen LogP contribution in [-0.4, -0.2) is 0 Å². The van der Waals surface area contributed by atoms with Crippen molar-refractivity contribution < 1.29 is 4.42 Å². The monoisotopic (exact) mass is 278 g/mol. The summed E-state index contributed by atoms with van der Waals surface area (Å²) in [6.45, 7) is 0. The maximum absolute atomic E-state index is 12.2. The maximum Gasteiger partial charge on any atom is 0.196 e. The Hall–Kier alpha value is -1.09. The van der Waals surface area contributed by atoms with Crippen LogP contribution in [0.5, 0.6) is 0 Å². The number of benzene rings is 1. The molecule has 0 saturated carbocycles. The minimum absolute atomic E-state index is 0.156. The van der Waals surface area contributed by atoms with Crippen molar-refractivity contribution in [3.05, 3.63) is 44.2 Å². The summed E-state index contributed by atoms with van der Waals surface area (Å²) in [6.07, 6.45) is 3.98. The van der Waals surface area contributed by atoms with Crippen LogP contribution in [0.4, 0.5) is 0 Å². The first-order valence-corrected chi connectivity index (χ1v) is 6.29. The molecule has 1 aromatic heterocycles. The third-order valence-electron chi connectivity index (χ3n) is 3.11.